The lowest BCUT2D eigenvalue weighted by Gasteiger charge is -2.28. The van der Waals surface area contributed by atoms with Gasteiger partial charge in [-0.15, -0.1) is 6.58 Å². The van der Waals surface area contributed by atoms with Gasteiger partial charge < -0.3 is 5.11 Å². The van der Waals surface area contributed by atoms with Crippen LogP contribution in [0.3, 0.4) is 0 Å². The van der Waals surface area contributed by atoms with Crippen molar-refractivity contribution >= 4 is 0 Å². The van der Waals surface area contributed by atoms with Crippen LogP contribution in [-0.4, -0.2) is 10.7 Å². The lowest BCUT2D eigenvalue weighted by molar-refractivity contribution is 0.0697. The smallest absolute Gasteiger partial charge is 0.0799 e. The summed E-state index contributed by atoms with van der Waals surface area (Å²) in [6.45, 7) is 5.57. The van der Waals surface area contributed by atoms with Crippen LogP contribution in [-0.2, 0) is 0 Å². The molecule has 2 rings (SSSR count). The third-order valence-electron chi connectivity index (χ3n) is 4.00. The molecular formula is C12H20O. The van der Waals surface area contributed by atoms with Crippen LogP contribution in [0.15, 0.2) is 12.7 Å². The first kappa shape index (κ1) is 9.26. The summed E-state index contributed by atoms with van der Waals surface area (Å²) in [4.78, 5) is 0. The Morgan fingerprint density at radius 1 is 1.46 bits per heavy atom. The minimum absolute atomic E-state index is 0.630. The summed E-state index contributed by atoms with van der Waals surface area (Å²) >= 11 is 0. The van der Waals surface area contributed by atoms with Crippen LogP contribution in [0.5, 0.6) is 0 Å². The summed E-state index contributed by atoms with van der Waals surface area (Å²) < 4.78 is 0. The van der Waals surface area contributed by atoms with Gasteiger partial charge in [0.05, 0.1) is 5.60 Å². The van der Waals surface area contributed by atoms with Crippen LogP contribution in [0.1, 0.15) is 39.0 Å². The lowest BCUT2D eigenvalue weighted by atomic mass is 9.81. The largest absolute Gasteiger partial charge is 0.386 e. The molecule has 13 heavy (non-hydrogen) atoms. The van der Waals surface area contributed by atoms with Gasteiger partial charge in [0.1, 0.15) is 0 Å². The molecule has 1 nitrogen and oxygen atoms in total. The highest BCUT2D eigenvalue weighted by Crippen LogP contribution is 2.50. The van der Waals surface area contributed by atoms with Crippen LogP contribution in [0.4, 0.5) is 0 Å². The van der Waals surface area contributed by atoms with Gasteiger partial charge in [0.25, 0.3) is 0 Å². The molecule has 0 saturated heterocycles. The summed E-state index contributed by atoms with van der Waals surface area (Å²) in [5.74, 6) is 2.67. The topological polar surface area (TPSA) is 20.2 Å². The molecule has 0 radical (unpaired) electrons. The fourth-order valence-electron chi connectivity index (χ4n) is 3.24. The highest BCUT2D eigenvalue weighted by molar-refractivity contribution is 4.98. The van der Waals surface area contributed by atoms with E-state index >= 15 is 0 Å². The Labute approximate surface area is 80.8 Å². The molecule has 2 saturated carbocycles. The fraction of sp³-hybridized carbons (Fsp3) is 0.833. The third-order valence-corrected chi connectivity index (χ3v) is 4.00. The standard InChI is InChI=1S/C12H20O/c1-3-12(2,13)8-11-7-9-4-5-10(11)6-9/h3,9-11,13H,1,4-8H2,2H3/t9-,10-,11-,12+/m1/s1. The zero-order valence-corrected chi connectivity index (χ0v) is 8.50. The van der Waals surface area contributed by atoms with E-state index in [1.807, 2.05) is 6.92 Å². The Hall–Kier alpha value is -0.300. The van der Waals surface area contributed by atoms with Gasteiger partial charge in [0.15, 0.2) is 0 Å². The average molecular weight is 180 g/mol. The van der Waals surface area contributed by atoms with E-state index in [1.54, 1.807) is 6.08 Å². The van der Waals surface area contributed by atoms with Crippen LogP contribution in [0.2, 0.25) is 0 Å². The van der Waals surface area contributed by atoms with Crippen molar-refractivity contribution in [3.63, 3.8) is 0 Å². The third kappa shape index (κ3) is 1.80. The molecule has 0 heterocycles. The van der Waals surface area contributed by atoms with Gasteiger partial charge in [-0.2, -0.15) is 0 Å². The van der Waals surface area contributed by atoms with Gasteiger partial charge in [-0.05, 0) is 50.4 Å². The molecule has 0 spiro atoms. The second kappa shape index (κ2) is 3.13. The molecule has 1 N–H and O–H groups in total. The van der Waals surface area contributed by atoms with Gasteiger partial charge in [0.2, 0.25) is 0 Å². The van der Waals surface area contributed by atoms with E-state index in [9.17, 15) is 5.11 Å². The van der Waals surface area contributed by atoms with Crippen molar-refractivity contribution in [2.24, 2.45) is 17.8 Å². The van der Waals surface area contributed by atoms with Crippen molar-refractivity contribution in [3.8, 4) is 0 Å². The summed E-state index contributed by atoms with van der Waals surface area (Å²) in [7, 11) is 0. The molecular weight excluding hydrogens is 160 g/mol. The van der Waals surface area contributed by atoms with Crippen molar-refractivity contribution in [1.82, 2.24) is 0 Å². The highest BCUT2D eigenvalue weighted by Gasteiger charge is 2.41. The maximum atomic E-state index is 9.89. The molecule has 4 atom stereocenters. The zero-order valence-electron chi connectivity index (χ0n) is 8.50. The van der Waals surface area contributed by atoms with Crippen molar-refractivity contribution in [3.05, 3.63) is 12.7 Å². The maximum Gasteiger partial charge on any atom is 0.0799 e. The molecule has 2 aliphatic rings. The van der Waals surface area contributed by atoms with Crippen LogP contribution in [0, 0.1) is 17.8 Å². The minimum Gasteiger partial charge on any atom is -0.386 e. The summed E-state index contributed by atoms with van der Waals surface area (Å²) in [6, 6.07) is 0. The fourth-order valence-corrected chi connectivity index (χ4v) is 3.24. The Bertz CT molecular complexity index is 207. The summed E-state index contributed by atoms with van der Waals surface area (Å²) in [5.41, 5.74) is -0.630. The Morgan fingerprint density at radius 2 is 2.23 bits per heavy atom. The molecule has 1 heteroatoms. The molecule has 2 aliphatic carbocycles. The Morgan fingerprint density at radius 3 is 2.69 bits per heavy atom. The van der Waals surface area contributed by atoms with Gasteiger partial charge in [-0.25, -0.2) is 0 Å². The quantitative estimate of drug-likeness (QED) is 0.662. The van der Waals surface area contributed by atoms with Crippen LogP contribution < -0.4 is 0 Å². The van der Waals surface area contributed by atoms with Gasteiger partial charge >= 0.3 is 0 Å². The van der Waals surface area contributed by atoms with Crippen molar-refractivity contribution in [2.45, 2.75) is 44.6 Å². The lowest BCUT2D eigenvalue weighted by Crippen LogP contribution is -2.27. The molecule has 0 aromatic carbocycles. The second-order valence-corrected chi connectivity index (χ2v) is 5.20. The summed E-state index contributed by atoms with van der Waals surface area (Å²) in [5, 5.41) is 9.89. The predicted molar refractivity (Wildman–Crippen MR) is 54.4 cm³/mol. The molecule has 0 aliphatic heterocycles. The number of fused-ring (bicyclic) bond motifs is 2. The highest BCUT2D eigenvalue weighted by atomic mass is 16.3. The maximum absolute atomic E-state index is 9.89. The monoisotopic (exact) mass is 180 g/mol. The van der Waals surface area contributed by atoms with Crippen LogP contribution in [0.25, 0.3) is 0 Å². The average Bonchev–Trinajstić information content (AvgIpc) is 2.64. The summed E-state index contributed by atoms with van der Waals surface area (Å²) in [6.07, 6.45) is 8.25. The number of hydrogen-bond donors (Lipinski definition) is 1. The molecule has 74 valence electrons. The van der Waals surface area contributed by atoms with E-state index in [1.165, 1.54) is 25.7 Å². The number of hydrogen-bond acceptors (Lipinski definition) is 1. The number of aliphatic hydroxyl groups is 1. The number of rotatable bonds is 3. The Kier molecular flexibility index (Phi) is 2.23. The molecule has 2 fully saturated rings. The van der Waals surface area contributed by atoms with Gasteiger partial charge in [-0.3, -0.25) is 0 Å². The van der Waals surface area contributed by atoms with E-state index in [0.29, 0.717) is 0 Å². The molecule has 0 aromatic heterocycles. The van der Waals surface area contributed by atoms with E-state index in [4.69, 9.17) is 0 Å². The minimum atomic E-state index is -0.630. The van der Waals surface area contributed by atoms with E-state index in [-0.39, 0.29) is 0 Å². The first-order valence-electron chi connectivity index (χ1n) is 5.47. The predicted octanol–water partition coefficient (Wildman–Crippen LogP) is 2.75. The first-order valence-corrected chi connectivity index (χ1v) is 5.47. The van der Waals surface area contributed by atoms with E-state index in [2.05, 4.69) is 6.58 Å². The normalized spacial score (nSPS) is 41.8. The first-order chi connectivity index (χ1) is 6.11. The zero-order chi connectivity index (χ0) is 9.47. The van der Waals surface area contributed by atoms with Gasteiger partial charge in [-0.1, -0.05) is 12.5 Å². The van der Waals surface area contributed by atoms with Crippen molar-refractivity contribution < 1.29 is 5.11 Å². The second-order valence-electron chi connectivity index (χ2n) is 5.20. The van der Waals surface area contributed by atoms with E-state index in [0.717, 1.165) is 24.2 Å². The molecule has 0 unspecified atom stereocenters. The SMILES string of the molecule is C=C[C@](C)(O)C[C@H]1C[C@@H]2CC[C@@H]1C2. The Balaban J connectivity index is 1.93. The van der Waals surface area contributed by atoms with E-state index < -0.39 is 5.60 Å². The molecule has 0 amide bonds. The van der Waals surface area contributed by atoms with Crippen LogP contribution >= 0.6 is 0 Å². The van der Waals surface area contributed by atoms with Crippen molar-refractivity contribution in [2.75, 3.05) is 0 Å². The molecule has 2 bridgehead atoms. The van der Waals surface area contributed by atoms with Crippen molar-refractivity contribution in [1.29, 1.82) is 0 Å². The molecule has 0 aromatic rings. The van der Waals surface area contributed by atoms with Gasteiger partial charge in [0, 0.05) is 0 Å².